The molecule has 26 heavy (non-hydrogen) atoms. The lowest BCUT2D eigenvalue weighted by Crippen LogP contribution is -2.21. The first kappa shape index (κ1) is 17.0. The SMILES string of the molecule is CN1C=CC(=CC2=CN(CCCO)c3ccc4ccccc4c3S2)C=C1. The quantitative estimate of drug-likeness (QED) is 0.839. The third kappa shape index (κ3) is 3.43. The van der Waals surface area contributed by atoms with Crippen molar-refractivity contribution in [1.29, 1.82) is 0 Å². The van der Waals surface area contributed by atoms with Crippen LogP contribution in [-0.2, 0) is 0 Å². The zero-order chi connectivity index (χ0) is 17.9. The molecular formula is C22H22N2OS. The summed E-state index contributed by atoms with van der Waals surface area (Å²) in [7, 11) is 2.03. The molecule has 0 spiro atoms. The fourth-order valence-corrected chi connectivity index (χ4v) is 4.39. The number of aliphatic hydroxyl groups is 1. The lowest BCUT2D eigenvalue weighted by molar-refractivity contribution is 0.290. The van der Waals surface area contributed by atoms with Crippen molar-refractivity contribution in [3.8, 4) is 0 Å². The van der Waals surface area contributed by atoms with Crippen molar-refractivity contribution >= 4 is 28.2 Å². The molecule has 0 bridgehead atoms. The standard InChI is InChI=1S/C22H22N2OS/c1-23-12-9-17(10-13-23)15-19-16-24(11-4-14-25)21-8-7-18-5-2-3-6-20(18)22(21)26-19/h2-3,5-10,12-13,15-16,25H,4,11,14H2,1H3. The Balaban J connectivity index is 1.75. The summed E-state index contributed by atoms with van der Waals surface area (Å²) < 4.78 is 0. The van der Waals surface area contributed by atoms with Gasteiger partial charge in [0.15, 0.2) is 0 Å². The van der Waals surface area contributed by atoms with Gasteiger partial charge in [0.05, 0.1) is 5.69 Å². The van der Waals surface area contributed by atoms with Crippen LogP contribution in [0.15, 0.2) is 88.6 Å². The molecule has 4 rings (SSSR count). The monoisotopic (exact) mass is 362 g/mol. The van der Waals surface area contributed by atoms with Crippen molar-refractivity contribution in [3.05, 3.63) is 83.7 Å². The van der Waals surface area contributed by atoms with Crippen LogP contribution in [0.25, 0.3) is 10.8 Å². The second-order valence-corrected chi connectivity index (χ2v) is 7.56. The number of benzene rings is 2. The predicted molar refractivity (Wildman–Crippen MR) is 111 cm³/mol. The maximum absolute atomic E-state index is 9.28. The van der Waals surface area contributed by atoms with E-state index in [0.29, 0.717) is 0 Å². The fraction of sp³-hybridized carbons (Fsp3) is 0.182. The van der Waals surface area contributed by atoms with Gasteiger partial charge in [0, 0.05) is 48.6 Å². The van der Waals surface area contributed by atoms with Crippen molar-refractivity contribution in [2.75, 3.05) is 25.1 Å². The van der Waals surface area contributed by atoms with Crippen LogP contribution in [0.5, 0.6) is 0 Å². The summed E-state index contributed by atoms with van der Waals surface area (Å²) in [6.07, 6.45) is 13.5. The molecule has 2 aromatic rings. The zero-order valence-corrected chi connectivity index (χ0v) is 15.6. The van der Waals surface area contributed by atoms with Crippen molar-refractivity contribution < 1.29 is 5.11 Å². The molecule has 132 valence electrons. The van der Waals surface area contributed by atoms with E-state index in [1.807, 2.05) is 23.7 Å². The number of anilines is 1. The number of nitrogens with zero attached hydrogens (tertiary/aromatic N) is 2. The van der Waals surface area contributed by atoms with Crippen LogP contribution in [0, 0.1) is 0 Å². The van der Waals surface area contributed by atoms with Crippen molar-refractivity contribution in [1.82, 2.24) is 4.90 Å². The number of thioether (sulfide) groups is 1. The summed E-state index contributed by atoms with van der Waals surface area (Å²) in [6.45, 7) is 1.01. The van der Waals surface area contributed by atoms with Gasteiger partial charge in [0.25, 0.3) is 0 Å². The van der Waals surface area contributed by atoms with Crippen LogP contribution >= 0.6 is 11.8 Å². The first-order valence-electron chi connectivity index (χ1n) is 8.83. The molecule has 0 fully saturated rings. The van der Waals surface area contributed by atoms with Gasteiger partial charge in [-0.05, 0) is 47.1 Å². The Kier molecular flexibility index (Phi) is 4.87. The molecule has 4 heteroatoms. The van der Waals surface area contributed by atoms with Crippen LogP contribution in [0.4, 0.5) is 5.69 Å². The molecule has 0 saturated heterocycles. The molecule has 0 radical (unpaired) electrons. The first-order chi connectivity index (χ1) is 12.7. The van der Waals surface area contributed by atoms with Crippen LogP contribution in [0.2, 0.25) is 0 Å². The van der Waals surface area contributed by atoms with E-state index in [4.69, 9.17) is 0 Å². The zero-order valence-electron chi connectivity index (χ0n) is 14.8. The molecule has 2 aromatic carbocycles. The first-order valence-corrected chi connectivity index (χ1v) is 9.65. The maximum atomic E-state index is 9.28. The van der Waals surface area contributed by atoms with E-state index in [-0.39, 0.29) is 6.61 Å². The van der Waals surface area contributed by atoms with Gasteiger partial charge in [0.1, 0.15) is 0 Å². The maximum Gasteiger partial charge on any atom is 0.0554 e. The van der Waals surface area contributed by atoms with Crippen LogP contribution in [0.1, 0.15) is 6.42 Å². The van der Waals surface area contributed by atoms with Gasteiger partial charge in [-0.2, -0.15) is 0 Å². The second kappa shape index (κ2) is 7.44. The van der Waals surface area contributed by atoms with Gasteiger partial charge in [-0.1, -0.05) is 42.1 Å². The largest absolute Gasteiger partial charge is 0.396 e. The van der Waals surface area contributed by atoms with Gasteiger partial charge in [-0.15, -0.1) is 0 Å². The van der Waals surface area contributed by atoms with E-state index < -0.39 is 0 Å². The minimum atomic E-state index is 0.203. The highest BCUT2D eigenvalue weighted by Crippen LogP contribution is 2.45. The Labute approximate surface area is 158 Å². The predicted octanol–water partition coefficient (Wildman–Crippen LogP) is 4.87. The smallest absolute Gasteiger partial charge is 0.0554 e. The average molecular weight is 362 g/mol. The minimum absolute atomic E-state index is 0.203. The summed E-state index contributed by atoms with van der Waals surface area (Å²) in [5.74, 6) is 0. The number of fused-ring (bicyclic) bond motifs is 3. The molecule has 0 atom stereocenters. The Hall–Kier alpha value is -2.43. The topological polar surface area (TPSA) is 26.7 Å². The molecule has 1 N–H and O–H groups in total. The Morgan fingerprint density at radius 3 is 2.69 bits per heavy atom. The fourth-order valence-electron chi connectivity index (χ4n) is 3.20. The summed E-state index contributed by atoms with van der Waals surface area (Å²) in [4.78, 5) is 6.80. The lowest BCUT2D eigenvalue weighted by atomic mass is 10.1. The van der Waals surface area contributed by atoms with Crippen LogP contribution < -0.4 is 4.90 Å². The Morgan fingerprint density at radius 1 is 1.08 bits per heavy atom. The minimum Gasteiger partial charge on any atom is -0.396 e. The van der Waals surface area contributed by atoms with E-state index in [9.17, 15) is 5.11 Å². The molecule has 0 amide bonds. The number of hydrogen-bond acceptors (Lipinski definition) is 4. The molecule has 0 aliphatic carbocycles. The molecule has 3 nitrogen and oxygen atoms in total. The van der Waals surface area contributed by atoms with Gasteiger partial charge in [0.2, 0.25) is 0 Å². The van der Waals surface area contributed by atoms with Crippen LogP contribution in [0.3, 0.4) is 0 Å². The highest BCUT2D eigenvalue weighted by Gasteiger charge is 2.19. The van der Waals surface area contributed by atoms with E-state index in [1.54, 1.807) is 0 Å². The van der Waals surface area contributed by atoms with Crippen LogP contribution in [-0.4, -0.2) is 30.2 Å². The number of rotatable bonds is 4. The molecule has 2 aliphatic heterocycles. The van der Waals surface area contributed by atoms with E-state index in [0.717, 1.165) is 13.0 Å². The highest BCUT2D eigenvalue weighted by atomic mass is 32.2. The van der Waals surface area contributed by atoms with Gasteiger partial charge in [-0.25, -0.2) is 0 Å². The van der Waals surface area contributed by atoms with Crippen molar-refractivity contribution in [2.45, 2.75) is 11.3 Å². The summed E-state index contributed by atoms with van der Waals surface area (Å²) >= 11 is 1.82. The lowest BCUT2D eigenvalue weighted by Gasteiger charge is -2.29. The molecule has 2 heterocycles. The third-order valence-electron chi connectivity index (χ3n) is 4.54. The molecular weight excluding hydrogens is 340 g/mol. The van der Waals surface area contributed by atoms with E-state index in [1.165, 1.54) is 31.8 Å². The molecule has 2 aliphatic rings. The number of hydrogen-bond donors (Lipinski definition) is 1. The van der Waals surface area contributed by atoms with Crippen molar-refractivity contribution in [3.63, 3.8) is 0 Å². The Morgan fingerprint density at radius 2 is 1.88 bits per heavy atom. The number of allylic oxidation sites excluding steroid dienone is 4. The summed E-state index contributed by atoms with van der Waals surface area (Å²) in [5.41, 5.74) is 2.41. The average Bonchev–Trinajstić information content (AvgIpc) is 2.68. The summed E-state index contributed by atoms with van der Waals surface area (Å²) in [5, 5.41) is 11.8. The third-order valence-corrected chi connectivity index (χ3v) is 5.63. The number of aliphatic hydroxyl groups excluding tert-OH is 1. The molecule has 0 unspecified atom stereocenters. The van der Waals surface area contributed by atoms with E-state index >= 15 is 0 Å². The van der Waals surface area contributed by atoms with Gasteiger partial charge >= 0.3 is 0 Å². The Bertz CT molecular complexity index is 926. The van der Waals surface area contributed by atoms with Gasteiger partial charge in [-0.3, -0.25) is 0 Å². The summed E-state index contributed by atoms with van der Waals surface area (Å²) in [6, 6.07) is 12.9. The van der Waals surface area contributed by atoms with Crippen molar-refractivity contribution in [2.24, 2.45) is 0 Å². The van der Waals surface area contributed by atoms with E-state index in [2.05, 4.69) is 78.1 Å². The molecule has 0 saturated carbocycles. The second-order valence-electron chi connectivity index (χ2n) is 6.48. The highest BCUT2D eigenvalue weighted by molar-refractivity contribution is 8.03. The van der Waals surface area contributed by atoms with Gasteiger partial charge < -0.3 is 14.9 Å². The normalized spacial score (nSPS) is 16.1. The molecule has 0 aromatic heterocycles.